The van der Waals surface area contributed by atoms with E-state index in [2.05, 4.69) is 6.92 Å². The predicted molar refractivity (Wildman–Crippen MR) is 78.1 cm³/mol. The van der Waals surface area contributed by atoms with Gasteiger partial charge in [0.25, 0.3) is 0 Å². The third kappa shape index (κ3) is 3.73. The van der Waals surface area contributed by atoms with Gasteiger partial charge in [0.15, 0.2) is 0 Å². The molecule has 2 saturated carbocycles. The lowest BCUT2D eigenvalue weighted by Crippen LogP contribution is -2.37. The van der Waals surface area contributed by atoms with Crippen LogP contribution in [0.15, 0.2) is 0 Å². The Morgan fingerprint density at radius 3 is 2.26 bits per heavy atom. The summed E-state index contributed by atoms with van der Waals surface area (Å²) in [7, 11) is 0. The lowest BCUT2D eigenvalue weighted by atomic mass is 9.59. The highest BCUT2D eigenvalue weighted by Gasteiger charge is 2.42. The highest BCUT2D eigenvalue weighted by Crippen LogP contribution is 2.51. The summed E-state index contributed by atoms with van der Waals surface area (Å²) in [4.78, 5) is 11.3. The van der Waals surface area contributed by atoms with Gasteiger partial charge in [0, 0.05) is 0 Å². The van der Waals surface area contributed by atoms with Crippen LogP contribution in [0.5, 0.6) is 0 Å². The van der Waals surface area contributed by atoms with Gasteiger partial charge in [0.1, 0.15) is 0 Å². The van der Waals surface area contributed by atoms with E-state index in [1.165, 1.54) is 70.6 Å². The SMILES string of the molecule is CCCC1CCC(C2(CC(=O)O)CCCCC2)CC1. The van der Waals surface area contributed by atoms with Crippen molar-refractivity contribution in [2.24, 2.45) is 17.3 Å². The average Bonchev–Trinajstić information content (AvgIpc) is 2.40. The Bertz CT molecular complexity index is 284. The van der Waals surface area contributed by atoms with Crippen molar-refractivity contribution in [1.82, 2.24) is 0 Å². The summed E-state index contributed by atoms with van der Waals surface area (Å²) >= 11 is 0. The molecule has 2 rings (SSSR count). The molecule has 0 aromatic heterocycles. The van der Waals surface area contributed by atoms with Crippen molar-refractivity contribution in [3.8, 4) is 0 Å². The summed E-state index contributed by atoms with van der Waals surface area (Å²) in [5.41, 5.74) is 0.154. The molecule has 110 valence electrons. The maximum Gasteiger partial charge on any atom is 0.303 e. The largest absolute Gasteiger partial charge is 0.481 e. The predicted octanol–water partition coefficient (Wildman–Crippen LogP) is 5.02. The third-order valence-corrected chi connectivity index (χ3v) is 5.76. The van der Waals surface area contributed by atoms with Gasteiger partial charge >= 0.3 is 5.97 Å². The number of carbonyl (C=O) groups is 1. The fourth-order valence-corrected chi connectivity index (χ4v) is 4.76. The second-order valence-corrected chi connectivity index (χ2v) is 7.00. The maximum absolute atomic E-state index is 11.3. The van der Waals surface area contributed by atoms with Crippen LogP contribution >= 0.6 is 0 Å². The van der Waals surface area contributed by atoms with Crippen molar-refractivity contribution in [1.29, 1.82) is 0 Å². The quantitative estimate of drug-likeness (QED) is 0.758. The zero-order chi connectivity index (χ0) is 13.7. The van der Waals surface area contributed by atoms with Gasteiger partial charge in [-0.25, -0.2) is 0 Å². The molecule has 1 N–H and O–H groups in total. The fourth-order valence-electron chi connectivity index (χ4n) is 4.76. The second-order valence-electron chi connectivity index (χ2n) is 7.00. The van der Waals surface area contributed by atoms with Gasteiger partial charge in [-0.15, -0.1) is 0 Å². The molecule has 0 amide bonds. The first-order chi connectivity index (χ1) is 9.16. The van der Waals surface area contributed by atoms with Crippen molar-refractivity contribution in [2.45, 2.75) is 84.0 Å². The van der Waals surface area contributed by atoms with Crippen molar-refractivity contribution in [3.63, 3.8) is 0 Å². The molecule has 2 heteroatoms. The van der Waals surface area contributed by atoms with Gasteiger partial charge in [-0.05, 0) is 42.9 Å². The molecule has 0 unspecified atom stereocenters. The first kappa shape index (κ1) is 14.9. The molecular weight excluding hydrogens is 236 g/mol. The number of rotatable bonds is 5. The number of carboxylic acids is 1. The number of hydrogen-bond acceptors (Lipinski definition) is 1. The van der Waals surface area contributed by atoms with Crippen LogP contribution in [0.3, 0.4) is 0 Å². The van der Waals surface area contributed by atoms with Crippen LogP contribution in [0, 0.1) is 17.3 Å². The van der Waals surface area contributed by atoms with E-state index < -0.39 is 5.97 Å². The Kier molecular flexibility index (Phi) is 5.29. The number of hydrogen-bond donors (Lipinski definition) is 1. The van der Waals surface area contributed by atoms with Crippen LogP contribution in [0.2, 0.25) is 0 Å². The van der Waals surface area contributed by atoms with Gasteiger partial charge in [-0.2, -0.15) is 0 Å². The number of aliphatic carboxylic acids is 1. The van der Waals surface area contributed by atoms with E-state index in [9.17, 15) is 9.90 Å². The van der Waals surface area contributed by atoms with E-state index in [-0.39, 0.29) is 5.41 Å². The molecule has 0 aromatic rings. The maximum atomic E-state index is 11.3. The Morgan fingerprint density at radius 2 is 1.74 bits per heavy atom. The Hall–Kier alpha value is -0.530. The number of carboxylic acid groups (broad SMARTS) is 1. The van der Waals surface area contributed by atoms with Crippen molar-refractivity contribution in [3.05, 3.63) is 0 Å². The molecule has 19 heavy (non-hydrogen) atoms. The van der Waals surface area contributed by atoms with Crippen molar-refractivity contribution < 1.29 is 9.90 Å². The minimum atomic E-state index is -0.572. The van der Waals surface area contributed by atoms with Crippen LogP contribution < -0.4 is 0 Å². The fraction of sp³-hybridized carbons (Fsp3) is 0.941. The Balaban J connectivity index is 1.97. The molecule has 0 aromatic carbocycles. The molecule has 2 fully saturated rings. The van der Waals surface area contributed by atoms with Crippen LogP contribution in [0.1, 0.15) is 84.0 Å². The second kappa shape index (κ2) is 6.76. The highest BCUT2D eigenvalue weighted by atomic mass is 16.4. The molecular formula is C17H30O2. The monoisotopic (exact) mass is 266 g/mol. The van der Waals surface area contributed by atoms with Crippen LogP contribution in [-0.4, -0.2) is 11.1 Å². The van der Waals surface area contributed by atoms with Crippen molar-refractivity contribution >= 4 is 5.97 Å². The lowest BCUT2D eigenvalue weighted by molar-refractivity contribution is -0.142. The molecule has 0 radical (unpaired) electrons. The van der Waals surface area contributed by atoms with Gasteiger partial charge in [0.2, 0.25) is 0 Å². The summed E-state index contributed by atoms with van der Waals surface area (Å²) in [6.45, 7) is 2.28. The summed E-state index contributed by atoms with van der Waals surface area (Å²) in [6, 6.07) is 0. The normalized spacial score (nSPS) is 31.0. The van der Waals surface area contributed by atoms with Gasteiger partial charge in [0.05, 0.1) is 6.42 Å². The third-order valence-electron chi connectivity index (χ3n) is 5.76. The molecule has 0 saturated heterocycles. The molecule has 2 aliphatic carbocycles. The van der Waals surface area contributed by atoms with Gasteiger partial charge in [-0.3, -0.25) is 4.79 Å². The summed E-state index contributed by atoms with van der Waals surface area (Å²) in [6.07, 6.45) is 14.5. The zero-order valence-corrected chi connectivity index (χ0v) is 12.5. The molecule has 0 heterocycles. The standard InChI is InChI=1S/C17H30O2/c1-2-6-14-7-9-15(10-8-14)17(13-16(18)19)11-4-3-5-12-17/h14-15H,2-13H2,1H3,(H,18,19). The Morgan fingerprint density at radius 1 is 1.11 bits per heavy atom. The van der Waals surface area contributed by atoms with Crippen LogP contribution in [0.4, 0.5) is 0 Å². The van der Waals surface area contributed by atoms with E-state index >= 15 is 0 Å². The first-order valence-electron chi connectivity index (χ1n) is 8.38. The topological polar surface area (TPSA) is 37.3 Å². The van der Waals surface area contributed by atoms with Crippen LogP contribution in [0.25, 0.3) is 0 Å². The molecule has 0 spiro atoms. The lowest BCUT2D eigenvalue weighted by Gasteiger charge is -2.46. The van der Waals surface area contributed by atoms with Gasteiger partial charge < -0.3 is 5.11 Å². The van der Waals surface area contributed by atoms with E-state index in [4.69, 9.17) is 0 Å². The van der Waals surface area contributed by atoms with Crippen molar-refractivity contribution in [2.75, 3.05) is 0 Å². The summed E-state index contributed by atoms with van der Waals surface area (Å²) in [5, 5.41) is 9.30. The molecule has 0 atom stereocenters. The minimum absolute atomic E-state index is 0.154. The smallest absolute Gasteiger partial charge is 0.303 e. The van der Waals surface area contributed by atoms with Crippen LogP contribution in [-0.2, 0) is 4.79 Å². The molecule has 0 aliphatic heterocycles. The summed E-state index contributed by atoms with van der Waals surface area (Å²) < 4.78 is 0. The minimum Gasteiger partial charge on any atom is -0.481 e. The van der Waals surface area contributed by atoms with E-state index in [0.717, 1.165) is 5.92 Å². The average molecular weight is 266 g/mol. The first-order valence-corrected chi connectivity index (χ1v) is 8.38. The molecule has 2 aliphatic rings. The molecule has 2 nitrogen and oxygen atoms in total. The van der Waals surface area contributed by atoms with E-state index in [0.29, 0.717) is 12.3 Å². The zero-order valence-electron chi connectivity index (χ0n) is 12.5. The van der Waals surface area contributed by atoms with E-state index in [1.54, 1.807) is 0 Å². The Labute approximate surface area is 118 Å². The van der Waals surface area contributed by atoms with E-state index in [1.807, 2.05) is 0 Å². The molecule has 0 bridgehead atoms. The van der Waals surface area contributed by atoms with Gasteiger partial charge in [-0.1, -0.05) is 51.9 Å². The summed E-state index contributed by atoms with van der Waals surface area (Å²) in [5.74, 6) is 1.04. The highest BCUT2D eigenvalue weighted by molar-refractivity contribution is 5.67.